The molecule has 1 atom stereocenters. The van der Waals surface area contributed by atoms with Crippen LogP contribution in [0.3, 0.4) is 0 Å². The van der Waals surface area contributed by atoms with Gasteiger partial charge in [-0.3, -0.25) is 0 Å². The number of para-hydroxylation sites is 2. The molecule has 1 heterocycles. The largest absolute Gasteiger partial charge is 0.490 e. The van der Waals surface area contributed by atoms with Crippen LogP contribution < -0.4 is 9.47 Å². The number of rotatable bonds is 1. The summed E-state index contributed by atoms with van der Waals surface area (Å²) in [5.41, 5.74) is 0. The Kier molecular flexibility index (Phi) is 5.65. The quantitative estimate of drug-likeness (QED) is 0.720. The first kappa shape index (κ1) is 13.8. The minimum absolute atomic E-state index is 0.399. The molecule has 2 rings (SSSR count). The number of ether oxygens (including phenoxy) is 4. The standard InChI is InChI=1S/C14H18O5/c15-11-12-5-6-18-13-3-1-2-4-14(13)19-10-8-16-7-9-17-12/h1-4,11-12H,5-10H2. The van der Waals surface area contributed by atoms with Gasteiger partial charge >= 0.3 is 0 Å². The first-order valence-corrected chi connectivity index (χ1v) is 6.39. The molecule has 0 aliphatic carbocycles. The zero-order chi connectivity index (χ0) is 13.3. The van der Waals surface area contributed by atoms with Crippen molar-refractivity contribution in [3.05, 3.63) is 24.3 Å². The van der Waals surface area contributed by atoms with Gasteiger partial charge in [-0.05, 0) is 12.1 Å². The highest BCUT2D eigenvalue weighted by molar-refractivity contribution is 5.55. The molecule has 1 aliphatic rings. The van der Waals surface area contributed by atoms with Gasteiger partial charge in [0.2, 0.25) is 0 Å². The summed E-state index contributed by atoms with van der Waals surface area (Å²) in [5, 5.41) is 0. The molecule has 0 spiro atoms. The summed E-state index contributed by atoms with van der Waals surface area (Å²) >= 11 is 0. The molecule has 104 valence electrons. The zero-order valence-corrected chi connectivity index (χ0v) is 10.7. The number of fused-ring (bicyclic) bond motifs is 1. The monoisotopic (exact) mass is 266 g/mol. The van der Waals surface area contributed by atoms with E-state index in [1.165, 1.54) is 0 Å². The van der Waals surface area contributed by atoms with Crippen LogP contribution in [0.25, 0.3) is 0 Å². The van der Waals surface area contributed by atoms with E-state index in [9.17, 15) is 4.79 Å². The molecule has 1 aromatic rings. The van der Waals surface area contributed by atoms with Gasteiger partial charge in [0.1, 0.15) is 19.0 Å². The van der Waals surface area contributed by atoms with E-state index in [1.54, 1.807) is 0 Å². The summed E-state index contributed by atoms with van der Waals surface area (Å²) in [7, 11) is 0. The van der Waals surface area contributed by atoms with Crippen molar-refractivity contribution >= 4 is 6.29 Å². The number of benzene rings is 1. The Labute approximate surface area is 112 Å². The number of carbonyl (C=O) groups is 1. The van der Waals surface area contributed by atoms with E-state index < -0.39 is 6.10 Å². The smallest absolute Gasteiger partial charge is 0.161 e. The molecule has 1 unspecified atom stereocenters. The second kappa shape index (κ2) is 7.76. The van der Waals surface area contributed by atoms with Crippen molar-refractivity contribution in [1.82, 2.24) is 0 Å². The maximum atomic E-state index is 10.8. The molecule has 0 amide bonds. The molecule has 0 saturated heterocycles. The molecule has 5 heteroatoms. The van der Waals surface area contributed by atoms with E-state index >= 15 is 0 Å². The summed E-state index contributed by atoms with van der Waals surface area (Å²) in [5.74, 6) is 1.36. The van der Waals surface area contributed by atoms with Crippen LogP contribution in [0.1, 0.15) is 6.42 Å². The minimum atomic E-state index is -0.447. The summed E-state index contributed by atoms with van der Waals surface area (Å²) < 4.78 is 21.9. The first-order chi connectivity index (χ1) is 9.40. The van der Waals surface area contributed by atoms with Crippen LogP contribution >= 0.6 is 0 Å². The van der Waals surface area contributed by atoms with Crippen LogP contribution in [-0.4, -0.2) is 45.4 Å². The molecule has 19 heavy (non-hydrogen) atoms. The number of hydrogen-bond donors (Lipinski definition) is 0. The van der Waals surface area contributed by atoms with Crippen LogP contribution in [0.15, 0.2) is 24.3 Å². The lowest BCUT2D eigenvalue weighted by Gasteiger charge is -2.13. The third kappa shape index (κ3) is 4.54. The normalized spacial score (nSPS) is 21.6. The number of carbonyl (C=O) groups excluding carboxylic acids is 1. The van der Waals surface area contributed by atoms with E-state index in [4.69, 9.17) is 18.9 Å². The lowest BCUT2D eigenvalue weighted by molar-refractivity contribution is -0.120. The Morgan fingerprint density at radius 3 is 2.37 bits per heavy atom. The highest BCUT2D eigenvalue weighted by Crippen LogP contribution is 2.26. The number of aldehydes is 1. The van der Waals surface area contributed by atoms with Crippen LogP contribution in [0.4, 0.5) is 0 Å². The van der Waals surface area contributed by atoms with Crippen molar-refractivity contribution in [3.8, 4) is 11.5 Å². The van der Waals surface area contributed by atoms with Gasteiger partial charge in [-0.1, -0.05) is 12.1 Å². The Morgan fingerprint density at radius 1 is 0.947 bits per heavy atom. The van der Waals surface area contributed by atoms with Crippen molar-refractivity contribution < 1.29 is 23.7 Å². The van der Waals surface area contributed by atoms with Crippen molar-refractivity contribution in [3.63, 3.8) is 0 Å². The van der Waals surface area contributed by atoms with Crippen molar-refractivity contribution in [1.29, 1.82) is 0 Å². The van der Waals surface area contributed by atoms with Gasteiger partial charge in [-0.15, -0.1) is 0 Å². The summed E-state index contributed by atoms with van der Waals surface area (Å²) in [6.07, 6.45) is 0.862. The lowest BCUT2D eigenvalue weighted by atomic mass is 10.3. The highest BCUT2D eigenvalue weighted by atomic mass is 16.6. The molecule has 5 nitrogen and oxygen atoms in total. The Bertz CT molecular complexity index is 393. The van der Waals surface area contributed by atoms with E-state index in [0.717, 1.165) is 6.29 Å². The van der Waals surface area contributed by atoms with Crippen molar-refractivity contribution in [2.75, 3.05) is 33.0 Å². The van der Waals surface area contributed by atoms with Gasteiger partial charge in [0, 0.05) is 6.42 Å². The van der Waals surface area contributed by atoms with E-state index in [0.29, 0.717) is 51.0 Å². The minimum Gasteiger partial charge on any atom is -0.490 e. The Morgan fingerprint density at radius 2 is 1.63 bits per heavy atom. The lowest BCUT2D eigenvalue weighted by Crippen LogP contribution is -2.20. The molecule has 1 aromatic carbocycles. The molecule has 0 bridgehead atoms. The summed E-state index contributed by atoms with van der Waals surface area (Å²) in [6.45, 7) is 2.19. The second-order valence-electron chi connectivity index (χ2n) is 4.09. The van der Waals surface area contributed by atoms with E-state index in [-0.39, 0.29) is 0 Å². The molecule has 0 aromatic heterocycles. The average Bonchev–Trinajstić information content (AvgIpc) is 2.47. The highest BCUT2D eigenvalue weighted by Gasteiger charge is 2.10. The van der Waals surface area contributed by atoms with Crippen LogP contribution in [0.5, 0.6) is 11.5 Å². The van der Waals surface area contributed by atoms with Gasteiger partial charge in [-0.2, -0.15) is 0 Å². The zero-order valence-electron chi connectivity index (χ0n) is 10.7. The van der Waals surface area contributed by atoms with Gasteiger partial charge < -0.3 is 23.7 Å². The van der Waals surface area contributed by atoms with E-state index in [1.807, 2.05) is 24.3 Å². The molecule has 0 saturated carbocycles. The summed E-state index contributed by atoms with van der Waals surface area (Å²) in [6, 6.07) is 7.46. The fourth-order valence-electron chi connectivity index (χ4n) is 1.74. The SMILES string of the molecule is O=CC1CCOc2ccccc2OCCOCCO1. The summed E-state index contributed by atoms with van der Waals surface area (Å²) in [4.78, 5) is 10.8. The molecule has 0 fully saturated rings. The average molecular weight is 266 g/mol. The third-order valence-electron chi connectivity index (χ3n) is 2.71. The fraction of sp³-hybridized carbons (Fsp3) is 0.500. The van der Waals surface area contributed by atoms with Crippen molar-refractivity contribution in [2.45, 2.75) is 12.5 Å². The van der Waals surface area contributed by atoms with E-state index in [2.05, 4.69) is 0 Å². The Hall–Kier alpha value is -1.59. The predicted octanol–water partition coefficient (Wildman–Crippen LogP) is 1.45. The molecule has 0 radical (unpaired) electrons. The number of hydrogen-bond acceptors (Lipinski definition) is 5. The van der Waals surface area contributed by atoms with Gasteiger partial charge in [0.15, 0.2) is 11.5 Å². The van der Waals surface area contributed by atoms with Crippen LogP contribution in [-0.2, 0) is 14.3 Å². The second-order valence-corrected chi connectivity index (χ2v) is 4.09. The van der Waals surface area contributed by atoms with Crippen molar-refractivity contribution in [2.24, 2.45) is 0 Å². The molecule has 0 N–H and O–H groups in total. The van der Waals surface area contributed by atoms with Gasteiger partial charge in [-0.25, -0.2) is 0 Å². The Balaban J connectivity index is 2.00. The maximum absolute atomic E-state index is 10.8. The topological polar surface area (TPSA) is 54.0 Å². The van der Waals surface area contributed by atoms with Crippen LogP contribution in [0, 0.1) is 0 Å². The predicted molar refractivity (Wildman–Crippen MR) is 68.7 cm³/mol. The van der Waals surface area contributed by atoms with Gasteiger partial charge in [0.05, 0.1) is 26.4 Å². The van der Waals surface area contributed by atoms with Crippen LogP contribution in [0.2, 0.25) is 0 Å². The fourth-order valence-corrected chi connectivity index (χ4v) is 1.74. The van der Waals surface area contributed by atoms with Gasteiger partial charge in [0.25, 0.3) is 0 Å². The maximum Gasteiger partial charge on any atom is 0.161 e. The molecular weight excluding hydrogens is 248 g/mol. The third-order valence-corrected chi connectivity index (χ3v) is 2.71. The molecular formula is C14H18O5. The first-order valence-electron chi connectivity index (χ1n) is 6.39. The molecule has 1 aliphatic heterocycles.